The summed E-state index contributed by atoms with van der Waals surface area (Å²) in [4.78, 5) is 2.87. The molecule has 1 aliphatic carbocycles. The van der Waals surface area contributed by atoms with E-state index in [4.69, 9.17) is 9.47 Å². The van der Waals surface area contributed by atoms with Crippen LogP contribution >= 0.6 is 0 Å². The van der Waals surface area contributed by atoms with E-state index in [1.807, 2.05) is 13.8 Å². The first-order chi connectivity index (χ1) is 17.4. The van der Waals surface area contributed by atoms with Crippen LogP contribution in [0.15, 0.2) is 48.0 Å². The van der Waals surface area contributed by atoms with E-state index in [0.29, 0.717) is 0 Å². The van der Waals surface area contributed by atoms with Crippen LogP contribution in [0, 0.1) is 5.92 Å². The van der Waals surface area contributed by atoms with Crippen LogP contribution < -0.4 is 19.3 Å². The number of likely N-dealkylation sites (N-methyl/N-ethyl adjacent to an activating group) is 2. The molecule has 204 valence electrons. The first-order valence-corrected chi connectivity index (χ1v) is 13.8. The normalized spacial score (nSPS) is 20.3. The van der Waals surface area contributed by atoms with E-state index >= 15 is 0 Å². The summed E-state index contributed by atoms with van der Waals surface area (Å²) < 4.78 is 11.8. The molecule has 0 aliphatic heterocycles. The van der Waals surface area contributed by atoms with Crippen molar-refractivity contribution in [1.82, 2.24) is 0 Å². The van der Waals surface area contributed by atoms with E-state index in [-0.39, 0.29) is 17.8 Å². The fourth-order valence-corrected chi connectivity index (χ4v) is 5.94. The average Bonchev–Trinajstić information content (AvgIpc) is 2.84. The van der Waals surface area contributed by atoms with Crippen LogP contribution in [0.1, 0.15) is 61.3 Å². The Morgan fingerprint density at radius 2 is 1.32 bits per heavy atom. The molecule has 1 aliphatic rings. The van der Waals surface area contributed by atoms with Crippen LogP contribution in [0.3, 0.4) is 0 Å². The second kappa shape index (κ2) is 12.5. The highest BCUT2D eigenvalue weighted by Gasteiger charge is 2.44. The molecule has 0 fully saturated rings. The highest BCUT2D eigenvalue weighted by atomic mass is 16.5. The molecule has 3 rings (SSSR count). The van der Waals surface area contributed by atoms with Crippen molar-refractivity contribution in [1.29, 1.82) is 0 Å². The van der Waals surface area contributed by atoms with Gasteiger partial charge in [-0.05, 0) is 61.9 Å². The van der Waals surface area contributed by atoms with Gasteiger partial charge in [-0.3, -0.25) is 0 Å². The summed E-state index contributed by atoms with van der Waals surface area (Å²) in [6.45, 7) is 8.29. The minimum atomic E-state index is -0.907. The van der Waals surface area contributed by atoms with Gasteiger partial charge in [0, 0.05) is 30.2 Å². The number of quaternary nitrogens is 2. The summed E-state index contributed by atoms with van der Waals surface area (Å²) >= 11 is 0. The number of allylic oxidation sites excluding steroid dienone is 2. The summed E-state index contributed by atoms with van der Waals surface area (Å²) in [6.07, 6.45) is 5.29. The molecular formula is C32H50N2O3+2. The zero-order chi connectivity index (χ0) is 27.3. The Morgan fingerprint density at radius 3 is 1.78 bits per heavy atom. The van der Waals surface area contributed by atoms with Gasteiger partial charge in [-0.1, -0.05) is 35.9 Å². The predicted molar refractivity (Wildman–Crippen MR) is 152 cm³/mol. The lowest BCUT2D eigenvalue weighted by atomic mass is 9.62. The molecule has 0 unspecified atom stereocenters. The van der Waals surface area contributed by atoms with Gasteiger partial charge in [0.1, 0.15) is 11.5 Å². The minimum absolute atomic E-state index is 0.0277. The Balaban J connectivity index is 2.13. The summed E-state index contributed by atoms with van der Waals surface area (Å²) in [5.41, 5.74) is 5.43. The van der Waals surface area contributed by atoms with Gasteiger partial charge in [0.15, 0.2) is 0 Å². The molecule has 5 nitrogen and oxygen atoms in total. The Kier molecular flexibility index (Phi) is 9.85. The molecule has 37 heavy (non-hydrogen) atoms. The van der Waals surface area contributed by atoms with Gasteiger partial charge in [0.05, 0.1) is 61.1 Å². The second-order valence-corrected chi connectivity index (χ2v) is 12.1. The first-order valence-electron chi connectivity index (χ1n) is 13.8. The fraction of sp³-hybridized carbons (Fsp3) is 0.562. The molecule has 3 atom stereocenters. The molecule has 0 saturated heterocycles. The lowest BCUT2D eigenvalue weighted by molar-refractivity contribution is -0.858. The number of methoxy groups -OCH3 is 2. The fourth-order valence-electron chi connectivity index (χ4n) is 5.94. The molecular weight excluding hydrogens is 460 g/mol. The van der Waals surface area contributed by atoms with E-state index in [1.54, 1.807) is 14.2 Å². The first kappa shape index (κ1) is 29.2. The smallest absolute Gasteiger partial charge is 0.122 e. The molecule has 0 bridgehead atoms. The third-order valence-electron chi connectivity index (χ3n) is 7.82. The summed E-state index contributed by atoms with van der Waals surface area (Å²) in [5.74, 6) is 1.91. The van der Waals surface area contributed by atoms with Gasteiger partial charge < -0.3 is 24.4 Å². The highest BCUT2D eigenvalue weighted by Crippen LogP contribution is 2.53. The third kappa shape index (κ3) is 7.37. The van der Waals surface area contributed by atoms with E-state index in [1.165, 1.54) is 32.1 Å². The molecule has 3 N–H and O–H groups in total. The molecule has 2 aromatic rings. The Hall–Kier alpha value is -2.34. The van der Waals surface area contributed by atoms with Crippen LogP contribution in [0.4, 0.5) is 0 Å². The van der Waals surface area contributed by atoms with E-state index < -0.39 is 5.60 Å². The molecule has 0 aromatic heterocycles. The van der Waals surface area contributed by atoms with Gasteiger partial charge >= 0.3 is 0 Å². The van der Waals surface area contributed by atoms with Crippen LogP contribution in [-0.4, -0.2) is 66.2 Å². The monoisotopic (exact) mass is 510 g/mol. The van der Waals surface area contributed by atoms with Gasteiger partial charge in [-0.25, -0.2) is 0 Å². The summed E-state index contributed by atoms with van der Waals surface area (Å²) in [7, 11) is 12.3. The lowest BCUT2D eigenvalue weighted by Gasteiger charge is -2.44. The number of hydrogen-bond donors (Lipinski definition) is 3. The number of rotatable bonds is 11. The molecule has 0 spiro atoms. The minimum Gasteiger partial charge on any atom is -0.496 e. The van der Waals surface area contributed by atoms with E-state index in [2.05, 4.69) is 77.6 Å². The van der Waals surface area contributed by atoms with Crippen molar-refractivity contribution in [2.75, 3.05) is 55.5 Å². The number of ether oxygens (including phenoxy) is 2. The van der Waals surface area contributed by atoms with Gasteiger partial charge in [0.25, 0.3) is 0 Å². The number of nitrogens with one attached hydrogen (secondary N) is 2. The third-order valence-corrected chi connectivity index (χ3v) is 7.82. The molecule has 0 heterocycles. The molecule has 2 aromatic carbocycles. The molecule has 0 radical (unpaired) electrons. The average molecular weight is 511 g/mol. The quantitative estimate of drug-likeness (QED) is 0.408. The van der Waals surface area contributed by atoms with Crippen molar-refractivity contribution in [2.24, 2.45) is 5.92 Å². The highest BCUT2D eigenvalue weighted by molar-refractivity contribution is 5.47. The number of hydrogen-bond acceptors (Lipinski definition) is 3. The van der Waals surface area contributed by atoms with Gasteiger partial charge in [0.2, 0.25) is 0 Å². The van der Waals surface area contributed by atoms with Gasteiger partial charge in [-0.2, -0.15) is 0 Å². The van der Waals surface area contributed by atoms with Crippen molar-refractivity contribution in [3.63, 3.8) is 0 Å². The van der Waals surface area contributed by atoms with Crippen molar-refractivity contribution >= 4 is 0 Å². The van der Waals surface area contributed by atoms with Crippen molar-refractivity contribution in [3.05, 3.63) is 70.3 Å². The molecule has 0 saturated carbocycles. The van der Waals surface area contributed by atoms with Crippen LogP contribution in [0.5, 0.6) is 11.5 Å². The maximum Gasteiger partial charge on any atom is 0.122 e. The van der Waals surface area contributed by atoms with Gasteiger partial charge in [-0.15, -0.1) is 0 Å². The summed E-state index contributed by atoms with van der Waals surface area (Å²) in [6, 6.07) is 13.2. The molecule has 5 heteroatoms. The Labute approximate surface area is 225 Å². The maximum atomic E-state index is 11.7. The second-order valence-electron chi connectivity index (χ2n) is 12.1. The van der Waals surface area contributed by atoms with Crippen molar-refractivity contribution in [2.45, 2.75) is 57.5 Å². The number of aliphatic hydroxyl groups is 1. The number of benzene rings is 2. The zero-order valence-corrected chi connectivity index (χ0v) is 24.6. The largest absolute Gasteiger partial charge is 0.496 e. The predicted octanol–water partition coefficient (Wildman–Crippen LogP) is 2.68. The Morgan fingerprint density at radius 1 is 0.838 bits per heavy atom. The van der Waals surface area contributed by atoms with Crippen molar-refractivity contribution in [3.8, 4) is 11.5 Å². The van der Waals surface area contributed by atoms with Crippen LogP contribution in [0.2, 0.25) is 0 Å². The van der Waals surface area contributed by atoms with E-state index in [0.717, 1.165) is 49.4 Å². The topological polar surface area (TPSA) is 47.6 Å². The van der Waals surface area contributed by atoms with E-state index in [9.17, 15) is 5.11 Å². The van der Waals surface area contributed by atoms with Crippen molar-refractivity contribution < 1.29 is 24.4 Å². The van der Waals surface area contributed by atoms with Crippen LogP contribution in [0.25, 0.3) is 0 Å². The molecule has 0 amide bonds. The maximum absolute atomic E-state index is 11.7. The zero-order valence-electron chi connectivity index (χ0n) is 24.6. The van der Waals surface area contributed by atoms with Crippen LogP contribution in [-0.2, 0) is 12.8 Å². The SMILES string of the molecule is COc1ccc(CC[NH+](C)C)cc1[C@@H]1C=C(C)C[C@@H](c2cc(CC[NH+](C)C)ccc2OC)[C@@H]1C(C)(C)O. The Bertz CT molecular complexity index is 1070. The lowest BCUT2D eigenvalue weighted by Crippen LogP contribution is -3.05. The standard InChI is InChI=1S/C32H48N2O3/c1-22-18-27(25-20-23(14-16-33(4)5)10-12-29(25)36-8)31(32(2,3)35)28(19-22)26-21-24(15-17-34(6)7)11-13-30(26)37-9/h10-13,18,20-21,27-28,31,35H,14-17,19H2,1-9H3/p+2/t27-,28-,31+/m0/s1. The summed E-state index contributed by atoms with van der Waals surface area (Å²) in [5, 5.41) is 11.7.